The quantitative estimate of drug-likeness (QED) is 0.663. The zero-order valence-corrected chi connectivity index (χ0v) is 16.1. The van der Waals surface area contributed by atoms with Crippen molar-refractivity contribution in [2.24, 2.45) is 0 Å². The molecular formula is C20H21N3O3S. The number of nitrogens with one attached hydrogen (secondary N) is 1. The second-order valence-electron chi connectivity index (χ2n) is 6.11. The smallest absolute Gasteiger partial charge is 0.273 e. The number of aromatic nitrogens is 1. The molecule has 0 spiro atoms. The van der Waals surface area contributed by atoms with Gasteiger partial charge in [-0.05, 0) is 37.1 Å². The summed E-state index contributed by atoms with van der Waals surface area (Å²) >= 11 is 1.34. The predicted molar refractivity (Wildman–Crippen MR) is 106 cm³/mol. The van der Waals surface area contributed by atoms with Gasteiger partial charge >= 0.3 is 0 Å². The Morgan fingerprint density at radius 1 is 1.22 bits per heavy atom. The second-order valence-corrected chi connectivity index (χ2v) is 6.96. The SMILES string of the molecule is CCCN(CC(=O)Nc1ccccc1C)C(=O)c1csc(-c2ccco2)n1. The maximum atomic E-state index is 12.8. The monoisotopic (exact) mass is 383 g/mol. The summed E-state index contributed by atoms with van der Waals surface area (Å²) in [6.07, 6.45) is 2.32. The molecule has 0 aliphatic rings. The molecule has 1 aromatic carbocycles. The fraction of sp³-hybridized carbons (Fsp3) is 0.250. The number of aryl methyl sites for hydroxylation is 1. The summed E-state index contributed by atoms with van der Waals surface area (Å²) < 4.78 is 5.32. The highest BCUT2D eigenvalue weighted by molar-refractivity contribution is 7.13. The number of nitrogens with zero attached hydrogens (tertiary/aromatic N) is 2. The number of amides is 2. The highest BCUT2D eigenvalue weighted by atomic mass is 32.1. The molecule has 0 bridgehead atoms. The summed E-state index contributed by atoms with van der Waals surface area (Å²) in [6, 6.07) is 11.1. The molecule has 0 radical (unpaired) electrons. The lowest BCUT2D eigenvalue weighted by Crippen LogP contribution is -2.38. The summed E-state index contributed by atoms with van der Waals surface area (Å²) in [6.45, 7) is 4.35. The third-order valence-electron chi connectivity index (χ3n) is 3.99. The minimum Gasteiger partial charge on any atom is -0.462 e. The van der Waals surface area contributed by atoms with Gasteiger partial charge in [0.1, 0.15) is 12.2 Å². The average Bonchev–Trinajstić information content (AvgIpc) is 3.34. The molecule has 2 amide bonds. The lowest BCUT2D eigenvalue weighted by molar-refractivity contribution is -0.116. The first-order valence-electron chi connectivity index (χ1n) is 8.72. The van der Waals surface area contributed by atoms with Crippen LogP contribution in [0.5, 0.6) is 0 Å². The number of carbonyl (C=O) groups excluding carboxylic acids is 2. The Morgan fingerprint density at radius 2 is 2.04 bits per heavy atom. The number of anilines is 1. The van der Waals surface area contributed by atoms with E-state index in [1.54, 1.807) is 23.8 Å². The Hall–Kier alpha value is -2.93. The van der Waals surface area contributed by atoms with E-state index in [0.29, 0.717) is 23.0 Å². The van der Waals surface area contributed by atoms with Crippen molar-refractivity contribution in [3.8, 4) is 10.8 Å². The standard InChI is InChI=1S/C20H21N3O3S/c1-3-10-23(12-18(24)21-15-8-5-4-7-14(15)2)20(25)16-13-27-19(22-16)17-9-6-11-26-17/h4-9,11,13H,3,10,12H2,1-2H3,(H,21,24). The molecule has 0 unspecified atom stereocenters. The van der Waals surface area contributed by atoms with Gasteiger partial charge in [-0.3, -0.25) is 9.59 Å². The molecule has 2 heterocycles. The Bertz CT molecular complexity index is 918. The number of para-hydroxylation sites is 1. The molecule has 27 heavy (non-hydrogen) atoms. The third kappa shape index (κ3) is 4.62. The van der Waals surface area contributed by atoms with Gasteiger partial charge in [-0.25, -0.2) is 4.98 Å². The maximum absolute atomic E-state index is 12.8. The van der Waals surface area contributed by atoms with Crippen molar-refractivity contribution in [2.45, 2.75) is 20.3 Å². The number of hydrogen-bond donors (Lipinski definition) is 1. The van der Waals surface area contributed by atoms with E-state index in [1.807, 2.05) is 38.1 Å². The Kier molecular flexibility index (Phi) is 6.03. The zero-order chi connectivity index (χ0) is 19.2. The molecule has 7 heteroatoms. The van der Waals surface area contributed by atoms with Crippen LogP contribution in [0.2, 0.25) is 0 Å². The van der Waals surface area contributed by atoms with E-state index in [-0.39, 0.29) is 18.4 Å². The lowest BCUT2D eigenvalue weighted by atomic mass is 10.2. The normalized spacial score (nSPS) is 10.6. The predicted octanol–water partition coefficient (Wildman–Crippen LogP) is 4.20. The van der Waals surface area contributed by atoms with Gasteiger partial charge in [0, 0.05) is 17.6 Å². The Balaban J connectivity index is 1.70. The molecule has 3 rings (SSSR count). The summed E-state index contributed by atoms with van der Waals surface area (Å²) in [7, 11) is 0. The molecule has 0 saturated heterocycles. The maximum Gasteiger partial charge on any atom is 0.273 e. The van der Waals surface area contributed by atoms with Crippen LogP contribution in [0.25, 0.3) is 10.8 Å². The first-order valence-corrected chi connectivity index (χ1v) is 9.60. The molecule has 3 aromatic rings. The van der Waals surface area contributed by atoms with Gasteiger partial charge in [-0.2, -0.15) is 0 Å². The van der Waals surface area contributed by atoms with Crippen LogP contribution in [-0.2, 0) is 4.79 Å². The van der Waals surface area contributed by atoms with Crippen LogP contribution in [0, 0.1) is 6.92 Å². The van der Waals surface area contributed by atoms with Crippen LogP contribution in [0.15, 0.2) is 52.5 Å². The van der Waals surface area contributed by atoms with Crippen molar-refractivity contribution in [3.05, 3.63) is 59.3 Å². The largest absolute Gasteiger partial charge is 0.462 e. The van der Waals surface area contributed by atoms with E-state index in [2.05, 4.69) is 10.3 Å². The van der Waals surface area contributed by atoms with E-state index in [9.17, 15) is 9.59 Å². The van der Waals surface area contributed by atoms with Gasteiger partial charge < -0.3 is 14.6 Å². The fourth-order valence-electron chi connectivity index (χ4n) is 2.65. The van der Waals surface area contributed by atoms with Gasteiger partial charge in [0.25, 0.3) is 5.91 Å². The van der Waals surface area contributed by atoms with Crippen molar-refractivity contribution < 1.29 is 14.0 Å². The van der Waals surface area contributed by atoms with Crippen molar-refractivity contribution >= 4 is 28.8 Å². The minimum absolute atomic E-state index is 0.0192. The van der Waals surface area contributed by atoms with Gasteiger partial charge in [-0.15, -0.1) is 11.3 Å². The van der Waals surface area contributed by atoms with Gasteiger partial charge in [0.05, 0.1) is 6.26 Å². The van der Waals surface area contributed by atoms with E-state index in [0.717, 1.165) is 17.7 Å². The molecule has 2 aromatic heterocycles. The second kappa shape index (κ2) is 8.64. The molecule has 1 N–H and O–H groups in total. The Labute approximate surface area is 161 Å². The van der Waals surface area contributed by atoms with E-state index in [1.165, 1.54) is 16.2 Å². The molecule has 0 fully saturated rings. The molecule has 0 saturated carbocycles. The van der Waals surface area contributed by atoms with Crippen molar-refractivity contribution in [2.75, 3.05) is 18.4 Å². The number of furan rings is 1. The summed E-state index contributed by atoms with van der Waals surface area (Å²) in [5, 5.41) is 5.21. The minimum atomic E-state index is -0.258. The van der Waals surface area contributed by atoms with Crippen molar-refractivity contribution in [3.63, 3.8) is 0 Å². The van der Waals surface area contributed by atoms with Crippen LogP contribution in [0.3, 0.4) is 0 Å². The first kappa shape index (κ1) is 18.8. The number of rotatable bonds is 7. The number of thiazole rings is 1. The number of hydrogen-bond acceptors (Lipinski definition) is 5. The number of benzene rings is 1. The topological polar surface area (TPSA) is 75.4 Å². The highest BCUT2D eigenvalue weighted by Gasteiger charge is 2.21. The molecule has 0 aliphatic carbocycles. The summed E-state index contributed by atoms with van der Waals surface area (Å²) in [5.74, 6) is 0.136. The summed E-state index contributed by atoms with van der Waals surface area (Å²) in [4.78, 5) is 31.2. The highest BCUT2D eigenvalue weighted by Crippen LogP contribution is 2.24. The molecule has 0 atom stereocenters. The van der Waals surface area contributed by atoms with E-state index in [4.69, 9.17) is 4.42 Å². The molecular weight excluding hydrogens is 362 g/mol. The summed E-state index contributed by atoms with van der Waals surface area (Å²) in [5.41, 5.74) is 2.05. The van der Waals surface area contributed by atoms with Crippen LogP contribution < -0.4 is 5.32 Å². The van der Waals surface area contributed by atoms with E-state index >= 15 is 0 Å². The fourth-order valence-corrected chi connectivity index (χ4v) is 3.41. The van der Waals surface area contributed by atoms with Crippen molar-refractivity contribution in [1.29, 1.82) is 0 Å². The first-order chi connectivity index (χ1) is 13.1. The average molecular weight is 383 g/mol. The van der Waals surface area contributed by atoms with Crippen molar-refractivity contribution in [1.82, 2.24) is 9.88 Å². The van der Waals surface area contributed by atoms with Crippen LogP contribution in [0.4, 0.5) is 5.69 Å². The molecule has 6 nitrogen and oxygen atoms in total. The van der Waals surface area contributed by atoms with Crippen LogP contribution in [0.1, 0.15) is 29.4 Å². The Morgan fingerprint density at radius 3 is 2.74 bits per heavy atom. The van der Waals surface area contributed by atoms with Gasteiger partial charge in [0.2, 0.25) is 5.91 Å². The van der Waals surface area contributed by atoms with Gasteiger partial charge in [-0.1, -0.05) is 25.1 Å². The molecule has 140 valence electrons. The van der Waals surface area contributed by atoms with Crippen LogP contribution in [-0.4, -0.2) is 34.8 Å². The lowest BCUT2D eigenvalue weighted by Gasteiger charge is -2.21. The van der Waals surface area contributed by atoms with Gasteiger partial charge in [0.15, 0.2) is 10.8 Å². The third-order valence-corrected chi connectivity index (χ3v) is 4.85. The zero-order valence-electron chi connectivity index (χ0n) is 15.3. The van der Waals surface area contributed by atoms with Crippen LogP contribution >= 0.6 is 11.3 Å². The molecule has 0 aliphatic heterocycles. The number of carbonyl (C=O) groups is 2. The van der Waals surface area contributed by atoms with E-state index < -0.39 is 0 Å².